The number of piperidine rings is 1. The van der Waals surface area contributed by atoms with Crippen molar-refractivity contribution in [2.24, 2.45) is 7.05 Å². The molecule has 2 fully saturated rings. The zero-order valence-electron chi connectivity index (χ0n) is 14.9. The Morgan fingerprint density at radius 1 is 1.35 bits per heavy atom. The Kier molecular flexibility index (Phi) is 4.77. The average Bonchev–Trinajstić information content (AvgIpc) is 3.26. The molecule has 7 nitrogen and oxygen atoms in total. The summed E-state index contributed by atoms with van der Waals surface area (Å²) in [4.78, 5) is 17.1. The Morgan fingerprint density at radius 2 is 2.15 bits per heavy atom. The number of aromatic nitrogens is 2. The SMILES string of the molecule is Cn1cc(Cl)c(C(=O)N2CCOC3(CCN(Cc4ccoc4)CC3)C2)n1. The fourth-order valence-electron chi connectivity index (χ4n) is 3.83. The van der Waals surface area contributed by atoms with Crippen LogP contribution in [0.4, 0.5) is 0 Å². The Morgan fingerprint density at radius 3 is 2.81 bits per heavy atom. The molecule has 2 aliphatic heterocycles. The second kappa shape index (κ2) is 7.06. The zero-order chi connectivity index (χ0) is 18.1. The number of rotatable bonds is 3. The van der Waals surface area contributed by atoms with Gasteiger partial charge in [0.1, 0.15) is 0 Å². The minimum absolute atomic E-state index is 0.112. The van der Waals surface area contributed by atoms with E-state index in [0.717, 1.165) is 32.5 Å². The first-order valence-electron chi connectivity index (χ1n) is 8.90. The molecule has 26 heavy (non-hydrogen) atoms. The lowest BCUT2D eigenvalue weighted by Crippen LogP contribution is -2.58. The lowest BCUT2D eigenvalue weighted by atomic mass is 9.89. The predicted molar refractivity (Wildman–Crippen MR) is 96.0 cm³/mol. The largest absolute Gasteiger partial charge is 0.472 e. The van der Waals surface area contributed by atoms with Crippen molar-refractivity contribution in [2.45, 2.75) is 25.0 Å². The number of carbonyl (C=O) groups excluding carboxylic acids is 1. The molecule has 8 heteroatoms. The van der Waals surface area contributed by atoms with Crippen molar-refractivity contribution < 1.29 is 13.9 Å². The van der Waals surface area contributed by atoms with Crippen LogP contribution in [0.2, 0.25) is 5.02 Å². The number of furan rings is 1. The number of nitrogens with zero attached hydrogens (tertiary/aromatic N) is 4. The van der Waals surface area contributed by atoms with Crippen molar-refractivity contribution in [3.63, 3.8) is 0 Å². The van der Waals surface area contributed by atoms with Crippen LogP contribution in [-0.4, -0.2) is 63.9 Å². The first-order valence-corrected chi connectivity index (χ1v) is 9.28. The van der Waals surface area contributed by atoms with Crippen LogP contribution in [-0.2, 0) is 18.3 Å². The fourth-order valence-corrected chi connectivity index (χ4v) is 4.09. The number of aryl methyl sites for hydroxylation is 1. The molecule has 0 saturated carbocycles. The topological polar surface area (TPSA) is 63.7 Å². The van der Waals surface area contributed by atoms with Gasteiger partial charge in [0.2, 0.25) is 0 Å². The number of ether oxygens (including phenoxy) is 1. The summed E-state index contributed by atoms with van der Waals surface area (Å²) in [5.74, 6) is -0.112. The van der Waals surface area contributed by atoms with E-state index in [-0.39, 0.29) is 11.5 Å². The molecule has 0 aromatic carbocycles. The van der Waals surface area contributed by atoms with Crippen molar-refractivity contribution in [3.05, 3.63) is 41.1 Å². The Labute approximate surface area is 157 Å². The summed E-state index contributed by atoms with van der Waals surface area (Å²) >= 11 is 6.15. The Hall–Kier alpha value is -1.83. The standard InChI is InChI=1S/C18H23ClN4O3/c1-21-11-15(19)16(20-21)17(24)23-7-9-26-18(13-23)3-5-22(6-4-18)10-14-2-8-25-12-14/h2,8,11-12H,3-7,9-10,13H2,1H3. The monoisotopic (exact) mass is 378 g/mol. The number of halogens is 1. The van der Waals surface area contributed by atoms with Gasteiger partial charge in [-0.15, -0.1) is 0 Å². The summed E-state index contributed by atoms with van der Waals surface area (Å²) in [5.41, 5.74) is 1.25. The second-order valence-corrected chi connectivity index (χ2v) is 7.57. The van der Waals surface area contributed by atoms with Crippen LogP contribution in [0.5, 0.6) is 0 Å². The third-order valence-corrected chi connectivity index (χ3v) is 5.55. The van der Waals surface area contributed by atoms with E-state index in [9.17, 15) is 4.79 Å². The number of hydrogen-bond donors (Lipinski definition) is 0. The molecule has 2 aromatic heterocycles. The van der Waals surface area contributed by atoms with Gasteiger partial charge in [0.25, 0.3) is 5.91 Å². The van der Waals surface area contributed by atoms with Crippen LogP contribution in [0, 0.1) is 0 Å². The average molecular weight is 379 g/mol. The van der Waals surface area contributed by atoms with E-state index >= 15 is 0 Å². The Balaban J connectivity index is 1.39. The van der Waals surface area contributed by atoms with Crippen molar-refractivity contribution in [2.75, 3.05) is 32.8 Å². The molecule has 2 aliphatic rings. The lowest BCUT2D eigenvalue weighted by Gasteiger charge is -2.47. The predicted octanol–water partition coefficient (Wildman–Crippen LogP) is 2.17. The highest BCUT2D eigenvalue weighted by Gasteiger charge is 2.41. The van der Waals surface area contributed by atoms with Crippen molar-refractivity contribution >= 4 is 17.5 Å². The van der Waals surface area contributed by atoms with Crippen LogP contribution in [0.25, 0.3) is 0 Å². The molecular formula is C18H23ClN4O3. The van der Waals surface area contributed by atoms with Gasteiger partial charge in [0, 0.05) is 45.0 Å². The number of morpholine rings is 1. The van der Waals surface area contributed by atoms with Crippen LogP contribution in [0.3, 0.4) is 0 Å². The van der Waals surface area contributed by atoms with Gasteiger partial charge < -0.3 is 14.1 Å². The molecule has 0 radical (unpaired) electrons. The van der Waals surface area contributed by atoms with Crippen molar-refractivity contribution in [1.29, 1.82) is 0 Å². The molecule has 2 saturated heterocycles. The maximum absolute atomic E-state index is 12.8. The summed E-state index contributed by atoms with van der Waals surface area (Å²) in [7, 11) is 1.76. The van der Waals surface area contributed by atoms with Crippen LogP contribution < -0.4 is 0 Å². The normalized spacial score (nSPS) is 20.6. The Bertz CT molecular complexity index is 766. The summed E-state index contributed by atoms with van der Waals surface area (Å²) in [6.45, 7) is 4.50. The molecule has 140 valence electrons. The minimum atomic E-state index is -0.262. The number of carbonyl (C=O) groups is 1. The van der Waals surface area contributed by atoms with Gasteiger partial charge >= 0.3 is 0 Å². The van der Waals surface area contributed by atoms with Crippen molar-refractivity contribution in [3.8, 4) is 0 Å². The highest BCUT2D eigenvalue weighted by atomic mass is 35.5. The van der Waals surface area contributed by atoms with Gasteiger partial charge in [-0.05, 0) is 18.9 Å². The maximum Gasteiger partial charge on any atom is 0.276 e. The number of hydrogen-bond acceptors (Lipinski definition) is 5. The van der Waals surface area contributed by atoms with E-state index < -0.39 is 0 Å². The van der Waals surface area contributed by atoms with Gasteiger partial charge in [-0.1, -0.05) is 11.6 Å². The van der Waals surface area contributed by atoms with Crippen molar-refractivity contribution in [1.82, 2.24) is 19.6 Å². The number of likely N-dealkylation sites (tertiary alicyclic amines) is 1. The molecule has 1 amide bonds. The maximum atomic E-state index is 12.8. The first-order chi connectivity index (χ1) is 12.5. The number of amides is 1. The molecule has 0 aliphatic carbocycles. The molecule has 1 spiro atoms. The van der Waals surface area contributed by atoms with Gasteiger partial charge in [-0.25, -0.2) is 0 Å². The van der Waals surface area contributed by atoms with Crippen LogP contribution in [0.15, 0.2) is 29.2 Å². The highest BCUT2D eigenvalue weighted by Crippen LogP contribution is 2.31. The molecule has 0 bridgehead atoms. The summed E-state index contributed by atoms with van der Waals surface area (Å²) in [5, 5.41) is 4.60. The molecule has 0 unspecified atom stereocenters. The van der Waals surface area contributed by atoms with Gasteiger partial charge in [-0.2, -0.15) is 5.10 Å². The molecule has 0 atom stereocenters. The zero-order valence-corrected chi connectivity index (χ0v) is 15.6. The third kappa shape index (κ3) is 3.51. The molecule has 0 N–H and O–H groups in total. The van der Waals surface area contributed by atoms with Gasteiger partial charge in [0.15, 0.2) is 5.69 Å². The minimum Gasteiger partial charge on any atom is -0.472 e. The van der Waals surface area contributed by atoms with Gasteiger partial charge in [-0.3, -0.25) is 14.4 Å². The van der Waals surface area contributed by atoms with Crippen LogP contribution >= 0.6 is 11.6 Å². The van der Waals surface area contributed by atoms with Crippen LogP contribution in [0.1, 0.15) is 28.9 Å². The second-order valence-electron chi connectivity index (χ2n) is 7.17. The molecule has 4 rings (SSSR count). The fraction of sp³-hybridized carbons (Fsp3) is 0.556. The van der Waals surface area contributed by atoms with Gasteiger partial charge in [0.05, 0.1) is 36.3 Å². The molecular weight excluding hydrogens is 356 g/mol. The molecule has 2 aromatic rings. The molecule has 4 heterocycles. The van der Waals surface area contributed by atoms with E-state index in [1.54, 1.807) is 30.5 Å². The van der Waals surface area contributed by atoms with E-state index in [1.807, 2.05) is 11.0 Å². The third-order valence-electron chi connectivity index (χ3n) is 5.28. The highest BCUT2D eigenvalue weighted by molar-refractivity contribution is 6.33. The smallest absolute Gasteiger partial charge is 0.276 e. The first kappa shape index (κ1) is 17.6. The summed E-state index contributed by atoms with van der Waals surface area (Å²) in [6, 6.07) is 2.00. The van der Waals surface area contributed by atoms with E-state index in [2.05, 4.69) is 10.00 Å². The summed E-state index contributed by atoms with van der Waals surface area (Å²) in [6.07, 6.45) is 6.96. The summed E-state index contributed by atoms with van der Waals surface area (Å²) < 4.78 is 12.9. The van der Waals surface area contributed by atoms with E-state index in [1.165, 1.54) is 5.56 Å². The van der Waals surface area contributed by atoms with E-state index in [4.69, 9.17) is 20.8 Å². The lowest BCUT2D eigenvalue weighted by molar-refractivity contribution is -0.128. The van der Waals surface area contributed by atoms with E-state index in [0.29, 0.717) is 30.4 Å². The quantitative estimate of drug-likeness (QED) is 0.819.